The third kappa shape index (κ3) is 7.38. The molecule has 1 aromatic carbocycles. The van der Waals surface area contributed by atoms with Crippen molar-refractivity contribution in [2.45, 2.75) is 79.1 Å². The first-order valence-corrected chi connectivity index (χ1v) is 14.8. The maximum absolute atomic E-state index is 10.3. The van der Waals surface area contributed by atoms with Crippen LogP contribution in [0.15, 0.2) is 72.7 Å². The minimum atomic E-state index is -0.153. The number of ketones is 1. The van der Waals surface area contributed by atoms with Gasteiger partial charge in [-0.2, -0.15) is 0 Å². The number of carbonyl (C=O) groups is 1. The van der Waals surface area contributed by atoms with Crippen molar-refractivity contribution in [1.82, 2.24) is 4.98 Å². The van der Waals surface area contributed by atoms with Crippen LogP contribution in [0.1, 0.15) is 84.9 Å². The van der Waals surface area contributed by atoms with Gasteiger partial charge in [0.2, 0.25) is 0 Å². The summed E-state index contributed by atoms with van der Waals surface area (Å²) >= 11 is 0. The maximum Gasteiger partial charge on any atom is 0.166 e. The van der Waals surface area contributed by atoms with Gasteiger partial charge in [-0.25, -0.2) is 0 Å². The second kappa shape index (κ2) is 14.9. The Kier molecular flexibility index (Phi) is 11.6. The lowest BCUT2D eigenvalue weighted by atomic mass is 9.64. The highest BCUT2D eigenvalue weighted by Gasteiger charge is 2.42. The van der Waals surface area contributed by atoms with E-state index in [4.69, 9.17) is 19.2 Å². The molecule has 0 bridgehead atoms. The van der Waals surface area contributed by atoms with Gasteiger partial charge in [-0.05, 0) is 74.1 Å². The molecule has 0 fully saturated rings. The molecule has 2 aromatic rings. The molecule has 5 rings (SSSR count). The highest BCUT2D eigenvalue weighted by atomic mass is 16.6. The Morgan fingerprint density at radius 2 is 1.95 bits per heavy atom. The fourth-order valence-electron chi connectivity index (χ4n) is 5.62. The molecule has 0 spiro atoms. The van der Waals surface area contributed by atoms with E-state index in [1.807, 2.05) is 12.3 Å². The Morgan fingerprint density at radius 3 is 2.56 bits per heavy atom. The van der Waals surface area contributed by atoms with E-state index in [0.29, 0.717) is 24.9 Å². The van der Waals surface area contributed by atoms with Gasteiger partial charge in [0.25, 0.3) is 0 Å². The third-order valence-electron chi connectivity index (χ3n) is 7.56. The molecule has 0 saturated carbocycles. The van der Waals surface area contributed by atoms with Crippen molar-refractivity contribution in [3.8, 4) is 11.5 Å². The number of pyridine rings is 1. The summed E-state index contributed by atoms with van der Waals surface area (Å²) in [6.07, 6.45) is 20.2. The number of aromatic nitrogens is 1. The van der Waals surface area contributed by atoms with Crippen molar-refractivity contribution < 1.29 is 19.0 Å². The highest BCUT2D eigenvalue weighted by Crippen LogP contribution is 2.56. The van der Waals surface area contributed by atoms with Crippen molar-refractivity contribution >= 4 is 22.1 Å². The van der Waals surface area contributed by atoms with E-state index in [1.54, 1.807) is 6.92 Å². The van der Waals surface area contributed by atoms with Gasteiger partial charge in [-0.1, -0.05) is 64.5 Å². The first-order valence-electron chi connectivity index (χ1n) is 14.8. The SMILES string of the molecule is C=CCCC.CCC=CCC1CC=CC2=C1c1nccc3cc4c(c(c13)C2(C)C)OCCO4.CO/C(C)=C\C(C)=O. The zero-order chi connectivity index (χ0) is 30.0. The van der Waals surface area contributed by atoms with Gasteiger partial charge in [0.1, 0.15) is 13.2 Å². The summed E-state index contributed by atoms with van der Waals surface area (Å²) in [5.41, 5.74) is 5.01. The number of ether oxygens (including phenoxy) is 3. The molecule has 41 heavy (non-hydrogen) atoms. The van der Waals surface area contributed by atoms with Crippen LogP contribution in [0.3, 0.4) is 0 Å². The molecule has 1 aliphatic heterocycles. The van der Waals surface area contributed by atoms with Crippen LogP contribution in [0.5, 0.6) is 11.5 Å². The molecular weight excluding hydrogens is 510 g/mol. The summed E-state index contributed by atoms with van der Waals surface area (Å²) in [6.45, 7) is 17.0. The lowest BCUT2D eigenvalue weighted by Crippen LogP contribution is -2.30. The van der Waals surface area contributed by atoms with E-state index in [2.05, 4.69) is 70.7 Å². The molecule has 5 nitrogen and oxygen atoms in total. The lowest BCUT2D eigenvalue weighted by Gasteiger charge is -2.41. The number of benzene rings is 1. The minimum absolute atomic E-state index is 0.0179. The molecule has 0 radical (unpaired) electrons. The first kappa shape index (κ1) is 31.9. The van der Waals surface area contributed by atoms with E-state index in [-0.39, 0.29) is 11.2 Å². The first-order chi connectivity index (χ1) is 19.7. The van der Waals surface area contributed by atoms with Crippen molar-refractivity contribution in [3.05, 3.63) is 84.0 Å². The van der Waals surface area contributed by atoms with Gasteiger partial charge >= 0.3 is 0 Å². The summed E-state index contributed by atoms with van der Waals surface area (Å²) < 4.78 is 16.8. The maximum atomic E-state index is 10.3. The van der Waals surface area contributed by atoms with E-state index in [0.717, 1.165) is 42.9 Å². The molecule has 0 amide bonds. The van der Waals surface area contributed by atoms with Gasteiger partial charge in [0.05, 0.1) is 18.6 Å². The fraction of sp³-hybridized carbons (Fsp3) is 0.444. The van der Waals surface area contributed by atoms with Crippen molar-refractivity contribution in [2.24, 2.45) is 5.92 Å². The number of unbranched alkanes of at least 4 members (excludes halogenated alkanes) is 1. The van der Waals surface area contributed by atoms with Crippen LogP contribution in [0.25, 0.3) is 16.3 Å². The zero-order valence-electron chi connectivity index (χ0n) is 26.0. The Balaban J connectivity index is 0.000000299. The van der Waals surface area contributed by atoms with Crippen LogP contribution in [0.2, 0.25) is 0 Å². The van der Waals surface area contributed by atoms with Gasteiger partial charge in [-0.3, -0.25) is 9.78 Å². The number of hydrogen-bond acceptors (Lipinski definition) is 5. The summed E-state index contributed by atoms with van der Waals surface area (Å²) in [4.78, 5) is 15.2. The molecule has 2 aliphatic carbocycles. The highest BCUT2D eigenvalue weighted by molar-refractivity contribution is 6.03. The van der Waals surface area contributed by atoms with Gasteiger partial charge in [-0.15, -0.1) is 6.58 Å². The molecular formula is C36H47NO4. The smallest absolute Gasteiger partial charge is 0.166 e. The van der Waals surface area contributed by atoms with Crippen molar-refractivity contribution in [2.75, 3.05) is 20.3 Å². The number of hydrogen-bond donors (Lipinski definition) is 0. The zero-order valence-corrected chi connectivity index (χ0v) is 26.0. The average molecular weight is 558 g/mol. The molecule has 220 valence electrons. The molecule has 0 saturated heterocycles. The standard InChI is InChI=1S/C25H27NO2.C6H10O2.C5H10/c1-4-5-6-8-16-9-7-10-18-20(16)23-21-17(11-12-26-23)15-19-24(28-14-13-27-19)22(21)25(18,2)3;1-5(7)4-6(2)8-3;1-3-5-4-2/h5-7,10-12,15-16H,4,8-9,13-14H2,1-3H3;4H,1-3H3;3H,1,4-5H2,2H3/b;6-4-;. The summed E-state index contributed by atoms with van der Waals surface area (Å²) in [6, 6.07) is 4.23. The van der Waals surface area contributed by atoms with Gasteiger partial charge in [0, 0.05) is 28.6 Å². The number of methoxy groups -OCH3 is 1. The number of carbonyl (C=O) groups excluding carboxylic acids is 1. The number of fused-ring (bicyclic) bond motifs is 3. The van der Waals surface area contributed by atoms with Gasteiger partial charge < -0.3 is 14.2 Å². The molecule has 1 unspecified atom stereocenters. The van der Waals surface area contributed by atoms with Gasteiger partial charge in [0.15, 0.2) is 17.3 Å². The number of nitrogens with zero attached hydrogens (tertiary/aromatic N) is 1. The summed E-state index contributed by atoms with van der Waals surface area (Å²) in [7, 11) is 1.54. The second-order valence-corrected chi connectivity index (χ2v) is 11.1. The van der Waals surface area contributed by atoms with Crippen molar-refractivity contribution in [3.63, 3.8) is 0 Å². The molecule has 0 N–H and O–H groups in total. The number of rotatable bonds is 7. The van der Waals surface area contributed by atoms with Crippen LogP contribution in [0.4, 0.5) is 0 Å². The van der Waals surface area contributed by atoms with Crippen LogP contribution in [0, 0.1) is 5.92 Å². The van der Waals surface area contributed by atoms with Crippen molar-refractivity contribution in [1.29, 1.82) is 0 Å². The summed E-state index contributed by atoms with van der Waals surface area (Å²) in [5.74, 6) is 2.92. The second-order valence-electron chi connectivity index (χ2n) is 11.1. The monoisotopic (exact) mass is 557 g/mol. The Labute approximate surface area is 246 Å². The van der Waals surface area contributed by atoms with Crippen LogP contribution in [-0.2, 0) is 14.9 Å². The minimum Gasteiger partial charge on any atom is -0.501 e. The van der Waals surface area contributed by atoms with E-state index >= 15 is 0 Å². The van der Waals surface area contributed by atoms with E-state index in [9.17, 15) is 4.79 Å². The van der Waals surface area contributed by atoms with Crippen LogP contribution < -0.4 is 9.47 Å². The summed E-state index contributed by atoms with van der Waals surface area (Å²) in [5, 5.41) is 2.44. The predicted octanol–water partition coefficient (Wildman–Crippen LogP) is 9.08. The largest absolute Gasteiger partial charge is 0.501 e. The quantitative estimate of drug-likeness (QED) is 0.193. The molecule has 2 heterocycles. The Morgan fingerprint density at radius 1 is 1.20 bits per heavy atom. The van der Waals surface area contributed by atoms with Crippen LogP contribution >= 0.6 is 0 Å². The van der Waals surface area contributed by atoms with Crippen LogP contribution in [-0.4, -0.2) is 31.1 Å². The molecule has 1 aromatic heterocycles. The fourth-order valence-corrected chi connectivity index (χ4v) is 5.62. The topological polar surface area (TPSA) is 57.6 Å². The molecule has 1 atom stereocenters. The third-order valence-corrected chi connectivity index (χ3v) is 7.56. The molecule has 3 aliphatic rings. The number of allylic oxidation sites excluding steroid dienone is 9. The Hall–Kier alpha value is -3.60. The Bertz CT molecular complexity index is 1360. The predicted molar refractivity (Wildman–Crippen MR) is 171 cm³/mol. The average Bonchev–Trinajstić information content (AvgIpc) is 2.96. The van der Waals surface area contributed by atoms with E-state index in [1.165, 1.54) is 54.0 Å². The lowest BCUT2D eigenvalue weighted by molar-refractivity contribution is -0.112. The normalized spacial score (nSPS) is 18.1. The van der Waals surface area contributed by atoms with E-state index < -0.39 is 0 Å². The molecule has 5 heteroatoms.